The number of nitrogens with one attached hydrogen (secondary N) is 5. The van der Waals surface area contributed by atoms with Crippen LogP contribution in [0.1, 0.15) is 101 Å². The van der Waals surface area contributed by atoms with Gasteiger partial charge in [0.2, 0.25) is 17.5 Å². The molecule has 8 aromatic heterocycles. The Morgan fingerprint density at radius 3 is 0.945 bits per heavy atom. The molecule has 0 aliphatic carbocycles. The number of anilines is 8. The molecule has 39 heteroatoms. The van der Waals surface area contributed by atoms with Crippen LogP contribution in [-0.4, -0.2) is 147 Å². The van der Waals surface area contributed by atoms with Crippen molar-refractivity contribution in [3.8, 4) is 45.0 Å². The fourth-order valence-electron chi connectivity index (χ4n) is 13.1. The van der Waals surface area contributed by atoms with Gasteiger partial charge in [0.15, 0.2) is 5.82 Å². The van der Waals surface area contributed by atoms with E-state index in [4.69, 9.17) is 33.5 Å². The van der Waals surface area contributed by atoms with Crippen LogP contribution in [0.2, 0.25) is 5.15 Å². The summed E-state index contributed by atoms with van der Waals surface area (Å²) in [5.74, 6) is -1.90. The molecule has 0 atom stereocenters. The first-order valence-electron chi connectivity index (χ1n) is 39.6. The van der Waals surface area contributed by atoms with Crippen LogP contribution in [0.4, 0.5) is 85.8 Å². The van der Waals surface area contributed by atoms with Crippen LogP contribution in [-0.2, 0) is 4.74 Å². The number of ether oxygens (including phenoxy) is 1. The van der Waals surface area contributed by atoms with Crippen LogP contribution >= 0.6 is 11.6 Å². The number of hydrogen-bond donors (Lipinski definition) is 8. The van der Waals surface area contributed by atoms with Crippen molar-refractivity contribution in [3.05, 3.63) is 300 Å². The van der Waals surface area contributed by atoms with E-state index >= 15 is 0 Å². The number of piperidine rings is 3. The molecule has 5 amide bonds. The third-order valence-corrected chi connectivity index (χ3v) is 20.1. The molecule has 0 unspecified atom stereocenters. The lowest BCUT2D eigenvalue weighted by molar-refractivity contribution is -0.384. The summed E-state index contributed by atoms with van der Waals surface area (Å²) in [6, 6.07) is 47.3. The minimum Gasteiger partial charge on any atom is -0.444 e. The average molecular weight is 1750 g/mol. The Balaban J connectivity index is 0.000000155. The Kier molecular flexibility index (Phi) is 29.8. The molecule has 15 rings (SSSR count). The van der Waals surface area contributed by atoms with Crippen LogP contribution < -0.4 is 58.5 Å². The van der Waals surface area contributed by atoms with Crippen molar-refractivity contribution in [3.63, 3.8) is 0 Å². The monoisotopic (exact) mass is 1750 g/mol. The summed E-state index contributed by atoms with van der Waals surface area (Å²) in [6.45, 7) is 10.1. The second-order valence-corrected chi connectivity index (χ2v) is 30.5. The Morgan fingerprint density at radius 1 is 0.394 bits per heavy atom. The highest BCUT2D eigenvalue weighted by Crippen LogP contribution is 2.34. The largest absolute Gasteiger partial charge is 0.444 e. The number of aromatic nitrogens is 8. The first kappa shape index (κ1) is 90.8. The van der Waals surface area contributed by atoms with Gasteiger partial charge in [-0.3, -0.25) is 49.5 Å². The van der Waals surface area contributed by atoms with E-state index < -0.39 is 61.6 Å². The summed E-state index contributed by atoms with van der Waals surface area (Å²) >= 11 is 5.67. The van der Waals surface area contributed by atoms with E-state index in [2.05, 4.69) is 76.3 Å². The van der Waals surface area contributed by atoms with Crippen molar-refractivity contribution in [2.24, 2.45) is 11.5 Å². The van der Waals surface area contributed by atoms with Crippen molar-refractivity contribution in [2.75, 3.05) is 81.0 Å². The van der Waals surface area contributed by atoms with Gasteiger partial charge in [0.25, 0.3) is 23.6 Å². The van der Waals surface area contributed by atoms with Gasteiger partial charge in [-0.2, -0.15) is 0 Å². The quantitative estimate of drug-likeness (QED) is 0.0161. The van der Waals surface area contributed by atoms with E-state index in [1.165, 1.54) is 152 Å². The van der Waals surface area contributed by atoms with Gasteiger partial charge >= 0.3 is 23.2 Å². The fourth-order valence-corrected chi connectivity index (χ4v) is 13.2. The molecule has 11 N–H and O–H groups in total. The maximum Gasteiger partial charge on any atom is 0.407 e. The van der Waals surface area contributed by atoms with Gasteiger partial charge < -0.3 is 63.2 Å². The highest BCUT2D eigenvalue weighted by atomic mass is 35.5. The summed E-state index contributed by atoms with van der Waals surface area (Å²) in [5, 5.41) is 47.4. The highest BCUT2D eigenvalue weighted by Gasteiger charge is 2.29. The maximum atomic E-state index is 13.3. The van der Waals surface area contributed by atoms with Gasteiger partial charge in [0.05, 0.1) is 65.5 Å². The summed E-state index contributed by atoms with van der Waals surface area (Å²) in [6.07, 6.45) is 10.2. The molecule has 0 bridgehead atoms. The number of nitro groups is 3. The SMILES string of the molecule is CC(C)(C)OC(=O)NC1CCN(c2ccc(C(=O)Nc3nc(-c4ccc(F)cc4)ccc3[N+](=O)[O-])cn2)CC1.NC1CCN(c2ccc(C(=O)Nc3nc(-c4ccc(F)cc4)ccc3[N+](=O)[O-])cn2)CC1.Nc1ccc(-c2ccc(F)cc2)nc1NC(=O)c1ccc(N2CCC(N)CC2)nc1.O=C(Nc1nc(-c2ccc(F)cc2)ccc1[N+](=O)[O-])c1ccc(Cl)nc1. The van der Waals surface area contributed by atoms with Gasteiger partial charge in [-0.05, 0) is 235 Å². The molecule has 0 saturated carbocycles. The molecule has 34 nitrogen and oxygen atoms in total. The van der Waals surface area contributed by atoms with Crippen LogP contribution in [0.25, 0.3) is 45.0 Å². The number of nitrogens with zero attached hydrogens (tertiary/aromatic N) is 14. The Labute approximate surface area is 727 Å². The van der Waals surface area contributed by atoms with Crippen molar-refractivity contribution < 1.29 is 61.0 Å². The zero-order valence-electron chi connectivity index (χ0n) is 68.3. The molecular formula is C88H83ClF4N22O12. The molecule has 12 aromatic rings. The zero-order chi connectivity index (χ0) is 90.6. The van der Waals surface area contributed by atoms with Crippen molar-refractivity contribution >= 4 is 105 Å². The minimum absolute atomic E-state index is 0.00452. The smallest absolute Gasteiger partial charge is 0.407 e. The van der Waals surface area contributed by atoms with Crippen LogP contribution in [0.5, 0.6) is 0 Å². The Hall–Kier alpha value is -15.4. The van der Waals surface area contributed by atoms with Crippen LogP contribution in [0.3, 0.4) is 0 Å². The van der Waals surface area contributed by atoms with Crippen molar-refractivity contribution in [1.29, 1.82) is 0 Å². The number of carbonyl (C=O) groups is 5. The lowest BCUT2D eigenvalue weighted by atomic mass is 10.1. The molecule has 4 aromatic carbocycles. The molecule has 0 spiro atoms. The average Bonchev–Trinajstić information content (AvgIpc) is 0.821. The second-order valence-electron chi connectivity index (χ2n) is 30.1. The topological polar surface area (TPSA) is 475 Å². The van der Waals surface area contributed by atoms with Gasteiger partial charge in [0.1, 0.15) is 51.5 Å². The van der Waals surface area contributed by atoms with E-state index in [1.807, 2.05) is 31.7 Å². The maximum absolute atomic E-state index is 13.3. The summed E-state index contributed by atoms with van der Waals surface area (Å²) in [7, 11) is 0. The van der Waals surface area contributed by atoms with Gasteiger partial charge in [-0.25, -0.2) is 62.2 Å². The molecule has 3 aliphatic heterocycles. The van der Waals surface area contributed by atoms with Crippen molar-refractivity contribution in [1.82, 2.24) is 45.2 Å². The Bertz CT molecular complexity index is 5940. The van der Waals surface area contributed by atoms with Gasteiger partial charge in [-0.15, -0.1) is 0 Å². The molecule has 3 aliphatic rings. The standard InChI is InChI=1S/C27H29FN6O5.C22H21FN6O3.C22H23FN6O.C17H10ClFN4O3/c1-27(2,3)39-26(36)30-20-12-14-33(15-13-20)23-11-6-18(16-29-23)25(35)32-24-22(34(37)38)10-9-21(31-24)17-4-7-19(28)8-5-17;23-16-4-1-14(2-5-16)18-6-7-19(29(31)32)21(26-18)27-22(30)15-3-8-20(25-13-15)28-11-9-17(24)10-12-28;23-16-4-1-14(2-5-16)19-7-6-18(25)21(27-19)28-22(30)15-3-8-20(26-13-15)29-11-9-17(24)10-12-29;18-15-8-3-11(9-20-15)17(24)22-16-14(23(25)26)7-6-13(21-16)10-1-4-12(19)5-2-10/h4-11,16,20H,12-15H2,1-3H3,(H,30,36)(H,31,32,35);1-8,13,17H,9-12,24H2,(H,26,27,30);1-8,13,17H,9-12,24-25H2,(H,27,28,30);1-9H,(H,21,22,24). The summed E-state index contributed by atoms with van der Waals surface area (Å²) in [4.78, 5) is 135. The third-order valence-electron chi connectivity index (χ3n) is 19.9. The molecule has 11 heterocycles. The number of halogens is 5. The summed E-state index contributed by atoms with van der Waals surface area (Å²) < 4.78 is 58.0. The number of nitrogen functional groups attached to an aromatic ring is 1. The van der Waals surface area contributed by atoms with Gasteiger partial charge in [-0.1, -0.05) is 11.6 Å². The number of alkyl carbamates (subject to hydrolysis) is 1. The van der Waals surface area contributed by atoms with E-state index in [-0.39, 0.29) is 92.0 Å². The predicted octanol–water partition coefficient (Wildman–Crippen LogP) is 15.4. The van der Waals surface area contributed by atoms with E-state index in [1.54, 1.807) is 60.8 Å². The van der Waals surface area contributed by atoms with Gasteiger partial charge in [0, 0.05) is 123 Å². The fraction of sp³-hybridized carbons (Fsp3) is 0.216. The lowest BCUT2D eigenvalue weighted by Crippen LogP contribution is -2.46. The van der Waals surface area contributed by atoms with Crippen molar-refractivity contribution in [2.45, 2.75) is 83.0 Å². The highest BCUT2D eigenvalue weighted by molar-refractivity contribution is 6.29. The normalized spacial score (nSPS) is 13.4. The number of hydrogen-bond acceptors (Lipinski definition) is 26. The third kappa shape index (κ3) is 25.2. The molecule has 3 fully saturated rings. The molecule has 127 heavy (non-hydrogen) atoms. The Morgan fingerprint density at radius 2 is 0.669 bits per heavy atom. The number of pyridine rings is 8. The molecule has 3 saturated heterocycles. The number of amides is 5. The molecule has 652 valence electrons. The predicted molar refractivity (Wildman–Crippen MR) is 470 cm³/mol. The lowest BCUT2D eigenvalue weighted by Gasteiger charge is -2.33. The zero-order valence-corrected chi connectivity index (χ0v) is 69.0. The van der Waals surface area contributed by atoms with E-state index in [0.717, 1.165) is 69.1 Å². The second kappa shape index (κ2) is 41.6. The minimum atomic E-state index is -0.656. The van der Waals surface area contributed by atoms with E-state index in [9.17, 15) is 71.9 Å². The summed E-state index contributed by atoms with van der Waals surface area (Å²) in [5.41, 5.74) is 21.5. The number of carbonyl (C=O) groups excluding carboxylic acids is 5. The number of nitrogens with two attached hydrogens (primary N) is 3. The first-order chi connectivity index (χ1) is 60.8. The van der Waals surface area contributed by atoms with Crippen LogP contribution in [0, 0.1) is 53.6 Å². The van der Waals surface area contributed by atoms with E-state index in [0.29, 0.717) is 82.5 Å². The molecular weight excluding hydrogens is 1670 g/mol. The number of rotatable bonds is 19. The van der Waals surface area contributed by atoms with Crippen LogP contribution in [0.15, 0.2) is 219 Å². The molecule has 0 radical (unpaired) electrons. The number of benzene rings is 4. The first-order valence-corrected chi connectivity index (χ1v) is 40.0.